The van der Waals surface area contributed by atoms with E-state index in [4.69, 9.17) is 0 Å². The molecule has 10 heteroatoms. The molecule has 0 atom stereocenters. The molecule has 0 amide bonds. The number of benzene rings is 3. The Labute approximate surface area is 200 Å². The first kappa shape index (κ1) is 24.0. The number of carbonyl (C=O) groups is 2. The average molecular weight is 497 g/mol. The molecule has 0 aliphatic rings. The summed E-state index contributed by atoms with van der Waals surface area (Å²) in [5.41, 5.74) is 0.727. The summed E-state index contributed by atoms with van der Waals surface area (Å²) in [5.74, 6) is -2.58. The van der Waals surface area contributed by atoms with Gasteiger partial charge in [-0.25, -0.2) is 17.6 Å². The molecule has 0 aliphatic heterocycles. The van der Waals surface area contributed by atoms with Gasteiger partial charge in [0.1, 0.15) is 18.9 Å². The van der Waals surface area contributed by atoms with Gasteiger partial charge in [0.05, 0.1) is 17.1 Å². The molecule has 180 valence electrons. The Hall–Kier alpha value is -4.18. The second-order valence-electron chi connectivity index (χ2n) is 7.71. The van der Waals surface area contributed by atoms with Crippen LogP contribution in [0.4, 0.5) is 10.1 Å². The molecule has 1 heterocycles. The molecule has 2 N–H and O–H groups in total. The van der Waals surface area contributed by atoms with Gasteiger partial charge in [0.15, 0.2) is 0 Å². The smallest absolute Gasteiger partial charge is 0.352 e. The lowest BCUT2D eigenvalue weighted by Crippen LogP contribution is -2.35. The summed E-state index contributed by atoms with van der Waals surface area (Å²) in [6, 6.07) is 20.6. The fourth-order valence-electron chi connectivity index (χ4n) is 3.95. The van der Waals surface area contributed by atoms with Crippen LogP contribution in [-0.4, -0.2) is 48.4 Å². The highest BCUT2D eigenvalue weighted by atomic mass is 32.2. The molecule has 1 aromatic heterocycles. The molecule has 0 bridgehead atoms. The lowest BCUT2D eigenvalue weighted by Gasteiger charge is -2.23. The van der Waals surface area contributed by atoms with Crippen LogP contribution < -0.4 is 4.31 Å². The van der Waals surface area contributed by atoms with Crippen LogP contribution in [-0.2, 0) is 21.4 Å². The molecule has 4 aromatic rings. The minimum absolute atomic E-state index is 0.0722. The number of sulfonamides is 1. The van der Waals surface area contributed by atoms with Gasteiger partial charge in [0.2, 0.25) is 0 Å². The lowest BCUT2D eigenvalue weighted by atomic mass is 10.1. The van der Waals surface area contributed by atoms with E-state index in [1.807, 2.05) is 12.1 Å². The second-order valence-corrected chi connectivity index (χ2v) is 9.58. The maximum absolute atomic E-state index is 13.6. The van der Waals surface area contributed by atoms with Crippen LogP contribution in [0.15, 0.2) is 83.8 Å². The first-order valence-electron chi connectivity index (χ1n) is 10.5. The zero-order valence-corrected chi connectivity index (χ0v) is 19.2. The van der Waals surface area contributed by atoms with E-state index in [-0.39, 0.29) is 22.8 Å². The quantitative estimate of drug-likeness (QED) is 0.358. The summed E-state index contributed by atoms with van der Waals surface area (Å²) in [6.07, 6.45) is 0. The number of alkyl halides is 1. The fraction of sp³-hybridized carbons (Fsp3) is 0.120. The van der Waals surface area contributed by atoms with Gasteiger partial charge in [-0.15, -0.1) is 0 Å². The van der Waals surface area contributed by atoms with E-state index >= 15 is 0 Å². The van der Waals surface area contributed by atoms with E-state index in [1.54, 1.807) is 24.3 Å². The summed E-state index contributed by atoms with van der Waals surface area (Å²) < 4.78 is 42.3. The molecule has 0 aliphatic carbocycles. The average Bonchev–Trinajstić information content (AvgIpc) is 3.26. The number of fused-ring (bicyclic) bond motifs is 1. The van der Waals surface area contributed by atoms with E-state index in [0.717, 1.165) is 9.69 Å². The SMILES string of the molecule is O=C(O)CN(c1cccc(-c2ccc(C(=O)O)n2CCF)c1)S(=O)(=O)c1ccc2ccccc2c1. The van der Waals surface area contributed by atoms with E-state index in [1.165, 1.54) is 47.0 Å². The molecule has 3 aromatic carbocycles. The van der Waals surface area contributed by atoms with Crippen molar-refractivity contribution in [3.05, 3.63) is 84.6 Å². The Balaban J connectivity index is 1.82. The molecule has 0 radical (unpaired) electrons. The van der Waals surface area contributed by atoms with Crippen molar-refractivity contribution in [1.29, 1.82) is 0 Å². The van der Waals surface area contributed by atoms with Gasteiger partial charge in [-0.05, 0) is 47.2 Å². The first-order valence-corrected chi connectivity index (χ1v) is 12.0. The highest BCUT2D eigenvalue weighted by Gasteiger charge is 2.28. The number of aromatic carboxylic acids is 1. The monoisotopic (exact) mass is 496 g/mol. The van der Waals surface area contributed by atoms with Crippen LogP contribution in [0, 0.1) is 0 Å². The van der Waals surface area contributed by atoms with Crippen molar-refractivity contribution >= 4 is 38.4 Å². The molecule has 0 spiro atoms. The van der Waals surface area contributed by atoms with Crippen LogP contribution in [0.2, 0.25) is 0 Å². The predicted octanol–water partition coefficient (Wildman–Crippen LogP) is 4.26. The standard InChI is InChI=1S/C25H21FN2O6S/c26-12-13-27-22(10-11-23(27)25(31)32)19-6-3-7-20(14-19)28(16-24(29)30)35(33,34)21-9-8-17-4-1-2-5-18(17)15-21/h1-11,14-15H,12-13,16H2,(H,29,30)(H,31,32). The zero-order chi connectivity index (χ0) is 25.2. The number of nitrogens with zero attached hydrogens (tertiary/aromatic N) is 2. The number of rotatable bonds is 9. The van der Waals surface area contributed by atoms with Crippen LogP contribution >= 0.6 is 0 Å². The molecule has 0 saturated carbocycles. The van der Waals surface area contributed by atoms with Gasteiger partial charge in [-0.3, -0.25) is 9.10 Å². The third-order valence-electron chi connectivity index (χ3n) is 5.53. The number of aromatic nitrogens is 1. The van der Waals surface area contributed by atoms with Crippen molar-refractivity contribution in [2.75, 3.05) is 17.5 Å². The first-order chi connectivity index (χ1) is 16.7. The van der Waals surface area contributed by atoms with Crippen molar-refractivity contribution in [3.8, 4) is 11.3 Å². The van der Waals surface area contributed by atoms with Crippen LogP contribution in [0.25, 0.3) is 22.0 Å². The molecule has 0 fully saturated rings. The number of carboxylic acids is 2. The van der Waals surface area contributed by atoms with E-state index in [0.29, 0.717) is 16.6 Å². The summed E-state index contributed by atoms with van der Waals surface area (Å²) in [5, 5.41) is 20.4. The number of hydrogen-bond donors (Lipinski definition) is 2. The maximum Gasteiger partial charge on any atom is 0.352 e. The highest BCUT2D eigenvalue weighted by molar-refractivity contribution is 7.92. The van der Waals surface area contributed by atoms with Crippen LogP contribution in [0.1, 0.15) is 10.5 Å². The van der Waals surface area contributed by atoms with Gasteiger partial charge < -0.3 is 14.8 Å². The molecule has 35 heavy (non-hydrogen) atoms. The number of carboxylic acid groups (broad SMARTS) is 2. The maximum atomic E-state index is 13.6. The van der Waals surface area contributed by atoms with Gasteiger partial charge in [-0.2, -0.15) is 0 Å². The van der Waals surface area contributed by atoms with Crippen molar-refractivity contribution in [3.63, 3.8) is 0 Å². The Kier molecular flexibility index (Phi) is 6.57. The number of aliphatic carboxylic acids is 1. The number of halogens is 1. The van der Waals surface area contributed by atoms with Crippen molar-refractivity contribution in [2.24, 2.45) is 0 Å². The Morgan fingerprint density at radius 1 is 0.886 bits per heavy atom. The largest absolute Gasteiger partial charge is 0.480 e. The molecule has 0 saturated heterocycles. The van der Waals surface area contributed by atoms with Gasteiger partial charge in [0.25, 0.3) is 10.0 Å². The van der Waals surface area contributed by atoms with Gasteiger partial charge >= 0.3 is 11.9 Å². The summed E-state index contributed by atoms with van der Waals surface area (Å²) >= 11 is 0. The molecular weight excluding hydrogens is 475 g/mol. The van der Waals surface area contributed by atoms with Crippen LogP contribution in [0.5, 0.6) is 0 Å². The van der Waals surface area contributed by atoms with E-state index in [9.17, 15) is 32.6 Å². The number of hydrogen-bond acceptors (Lipinski definition) is 4. The minimum atomic E-state index is -4.28. The normalized spacial score (nSPS) is 11.5. The number of anilines is 1. The third-order valence-corrected chi connectivity index (χ3v) is 7.30. The van der Waals surface area contributed by atoms with Crippen molar-refractivity contribution in [1.82, 2.24) is 4.57 Å². The molecular formula is C25H21FN2O6S. The zero-order valence-electron chi connectivity index (χ0n) is 18.3. The van der Waals surface area contributed by atoms with Crippen LogP contribution in [0.3, 0.4) is 0 Å². The fourth-order valence-corrected chi connectivity index (χ4v) is 5.39. The predicted molar refractivity (Wildman–Crippen MR) is 129 cm³/mol. The molecule has 8 nitrogen and oxygen atoms in total. The molecule has 4 rings (SSSR count). The van der Waals surface area contributed by atoms with Gasteiger partial charge in [-0.1, -0.05) is 42.5 Å². The Bertz CT molecular complexity index is 1530. The van der Waals surface area contributed by atoms with Gasteiger partial charge in [0, 0.05) is 11.3 Å². The van der Waals surface area contributed by atoms with Crippen molar-refractivity contribution < 1.29 is 32.6 Å². The third kappa shape index (κ3) is 4.73. The molecule has 0 unspecified atom stereocenters. The topological polar surface area (TPSA) is 117 Å². The van der Waals surface area contributed by atoms with E-state index in [2.05, 4.69) is 0 Å². The summed E-state index contributed by atoms with van der Waals surface area (Å²) in [4.78, 5) is 23.1. The Morgan fingerprint density at radius 3 is 2.31 bits per heavy atom. The highest BCUT2D eigenvalue weighted by Crippen LogP contribution is 2.31. The Morgan fingerprint density at radius 2 is 1.63 bits per heavy atom. The van der Waals surface area contributed by atoms with Crippen molar-refractivity contribution in [2.45, 2.75) is 11.4 Å². The second kappa shape index (κ2) is 9.59. The minimum Gasteiger partial charge on any atom is -0.480 e. The summed E-state index contributed by atoms with van der Waals surface area (Å²) in [6.45, 7) is -1.84. The lowest BCUT2D eigenvalue weighted by molar-refractivity contribution is -0.135. The van der Waals surface area contributed by atoms with E-state index < -0.39 is 35.2 Å². The summed E-state index contributed by atoms with van der Waals surface area (Å²) in [7, 11) is -4.28.